The number of aliphatic imine (C=N–C) groups is 1. The number of nitrogens with one attached hydrogen (secondary N) is 3. The molecule has 32 heavy (non-hydrogen) atoms. The van der Waals surface area contributed by atoms with Crippen LogP contribution in [-0.4, -0.2) is 42.9 Å². The normalized spacial score (nSPS) is 14.8. The Morgan fingerprint density at radius 1 is 0.875 bits per heavy atom. The van der Waals surface area contributed by atoms with Gasteiger partial charge in [-0.15, -0.1) is 0 Å². The molecule has 1 aliphatic rings. The van der Waals surface area contributed by atoms with Gasteiger partial charge in [0.05, 0.1) is 6.54 Å². The molecule has 0 aromatic heterocycles. The van der Waals surface area contributed by atoms with Crippen molar-refractivity contribution in [3.63, 3.8) is 0 Å². The molecule has 0 saturated carbocycles. The number of piperidine rings is 1. The summed E-state index contributed by atoms with van der Waals surface area (Å²) < 4.78 is 0. The van der Waals surface area contributed by atoms with Gasteiger partial charge < -0.3 is 16.0 Å². The highest BCUT2D eigenvalue weighted by molar-refractivity contribution is 5.94. The van der Waals surface area contributed by atoms with Crippen molar-refractivity contribution in [1.82, 2.24) is 20.9 Å². The summed E-state index contributed by atoms with van der Waals surface area (Å²) in [6, 6.07) is 16.5. The first-order valence-electron chi connectivity index (χ1n) is 11.9. The van der Waals surface area contributed by atoms with E-state index >= 15 is 0 Å². The number of carbonyl (C=O) groups is 1. The predicted molar refractivity (Wildman–Crippen MR) is 132 cm³/mol. The molecule has 2 aromatic carbocycles. The summed E-state index contributed by atoms with van der Waals surface area (Å²) in [6.07, 6.45) is 4.02. The number of carbonyl (C=O) groups excluding carboxylic acids is 1. The highest BCUT2D eigenvalue weighted by atomic mass is 16.1. The number of nitrogens with zero attached hydrogens (tertiary/aromatic N) is 2. The van der Waals surface area contributed by atoms with Crippen LogP contribution < -0.4 is 16.0 Å². The van der Waals surface area contributed by atoms with E-state index in [-0.39, 0.29) is 5.91 Å². The second-order valence-corrected chi connectivity index (χ2v) is 8.26. The quantitative estimate of drug-likeness (QED) is 0.415. The lowest BCUT2D eigenvalue weighted by Gasteiger charge is -2.26. The predicted octanol–water partition coefficient (Wildman–Crippen LogP) is 3.68. The highest BCUT2D eigenvalue weighted by Crippen LogP contribution is 2.13. The van der Waals surface area contributed by atoms with Gasteiger partial charge in [-0.2, -0.15) is 0 Å². The molecule has 0 radical (unpaired) electrons. The van der Waals surface area contributed by atoms with Gasteiger partial charge in [-0.25, -0.2) is 4.99 Å². The summed E-state index contributed by atoms with van der Waals surface area (Å²) in [4.78, 5) is 19.3. The van der Waals surface area contributed by atoms with Gasteiger partial charge in [0.1, 0.15) is 0 Å². The minimum absolute atomic E-state index is 0.0490. The van der Waals surface area contributed by atoms with Gasteiger partial charge in [0.25, 0.3) is 5.91 Å². The van der Waals surface area contributed by atoms with Crippen molar-refractivity contribution < 1.29 is 4.79 Å². The summed E-state index contributed by atoms with van der Waals surface area (Å²) in [5.74, 6) is 0.723. The van der Waals surface area contributed by atoms with Crippen LogP contribution in [-0.2, 0) is 19.6 Å². The maximum absolute atomic E-state index is 12.1. The van der Waals surface area contributed by atoms with Crippen molar-refractivity contribution in [2.45, 2.75) is 52.7 Å². The molecule has 0 spiro atoms. The molecular weight excluding hydrogens is 398 g/mol. The molecule has 6 heteroatoms. The first-order valence-corrected chi connectivity index (χ1v) is 11.9. The number of likely N-dealkylation sites (tertiary alicyclic amines) is 1. The van der Waals surface area contributed by atoms with E-state index < -0.39 is 0 Å². The Bertz CT molecular complexity index is 872. The van der Waals surface area contributed by atoms with Crippen LogP contribution in [0.3, 0.4) is 0 Å². The summed E-state index contributed by atoms with van der Waals surface area (Å²) >= 11 is 0. The maximum atomic E-state index is 12.1. The third-order valence-corrected chi connectivity index (χ3v) is 5.63. The molecule has 6 nitrogen and oxygen atoms in total. The van der Waals surface area contributed by atoms with E-state index in [2.05, 4.69) is 52.0 Å². The third-order valence-electron chi connectivity index (χ3n) is 5.63. The van der Waals surface area contributed by atoms with Crippen LogP contribution in [0.15, 0.2) is 53.5 Å². The lowest BCUT2D eigenvalue weighted by molar-refractivity contribution is 0.0955. The molecule has 2 aromatic rings. The van der Waals surface area contributed by atoms with E-state index in [0.29, 0.717) is 18.7 Å². The SMILES string of the molecule is CCNC(=O)c1cccc(CN=C(NCC)NCc2ccc(CN3CCCCC3)cc2)c1. The lowest BCUT2D eigenvalue weighted by atomic mass is 10.1. The fraction of sp³-hybridized carbons (Fsp3) is 0.462. The number of amides is 1. The van der Waals surface area contributed by atoms with Crippen LogP contribution in [0.4, 0.5) is 0 Å². The van der Waals surface area contributed by atoms with E-state index in [4.69, 9.17) is 4.99 Å². The van der Waals surface area contributed by atoms with E-state index in [1.54, 1.807) is 0 Å². The summed E-state index contributed by atoms with van der Waals surface area (Å²) in [5, 5.41) is 9.55. The Morgan fingerprint density at radius 2 is 1.59 bits per heavy atom. The average molecular weight is 436 g/mol. The molecule has 1 amide bonds. The van der Waals surface area contributed by atoms with Gasteiger partial charge in [0.2, 0.25) is 0 Å². The zero-order valence-corrected chi connectivity index (χ0v) is 19.5. The van der Waals surface area contributed by atoms with E-state index in [1.165, 1.54) is 43.5 Å². The lowest BCUT2D eigenvalue weighted by Crippen LogP contribution is -2.36. The van der Waals surface area contributed by atoms with Gasteiger partial charge in [0.15, 0.2) is 5.96 Å². The zero-order valence-electron chi connectivity index (χ0n) is 19.5. The molecule has 3 N–H and O–H groups in total. The molecule has 1 aliphatic heterocycles. The number of hydrogen-bond acceptors (Lipinski definition) is 3. The zero-order chi connectivity index (χ0) is 22.6. The van der Waals surface area contributed by atoms with Crippen LogP contribution in [0.25, 0.3) is 0 Å². The molecular formula is C26H37N5O. The van der Waals surface area contributed by atoms with Gasteiger partial charge >= 0.3 is 0 Å². The Balaban J connectivity index is 1.54. The minimum atomic E-state index is -0.0490. The van der Waals surface area contributed by atoms with Crippen LogP contribution in [0.5, 0.6) is 0 Å². The molecule has 0 aliphatic carbocycles. The molecule has 3 rings (SSSR count). The summed E-state index contributed by atoms with van der Waals surface area (Å²) in [6.45, 7) is 10.1. The van der Waals surface area contributed by atoms with E-state index in [0.717, 1.165) is 31.2 Å². The Kier molecular flexibility index (Phi) is 9.57. The van der Waals surface area contributed by atoms with Crippen LogP contribution in [0.2, 0.25) is 0 Å². The standard InChI is InChI=1S/C26H37N5O/c1-3-27-25(32)24-10-8-9-23(17-24)19-30-26(28-4-2)29-18-21-11-13-22(14-12-21)20-31-15-6-5-7-16-31/h8-14,17H,3-7,15-16,18-20H2,1-2H3,(H,27,32)(H2,28,29,30). The van der Waals surface area contributed by atoms with Crippen molar-refractivity contribution in [2.24, 2.45) is 4.99 Å². The number of guanidine groups is 1. The van der Waals surface area contributed by atoms with Crippen LogP contribution >= 0.6 is 0 Å². The fourth-order valence-corrected chi connectivity index (χ4v) is 3.91. The van der Waals surface area contributed by atoms with E-state index in [9.17, 15) is 4.79 Å². The smallest absolute Gasteiger partial charge is 0.251 e. The van der Waals surface area contributed by atoms with Crippen LogP contribution in [0, 0.1) is 0 Å². The van der Waals surface area contributed by atoms with Crippen molar-refractivity contribution in [2.75, 3.05) is 26.2 Å². The fourth-order valence-electron chi connectivity index (χ4n) is 3.91. The average Bonchev–Trinajstić information content (AvgIpc) is 2.83. The van der Waals surface area contributed by atoms with Gasteiger partial charge in [-0.05, 0) is 68.6 Å². The summed E-state index contributed by atoms with van der Waals surface area (Å²) in [7, 11) is 0. The maximum Gasteiger partial charge on any atom is 0.251 e. The van der Waals surface area contributed by atoms with Crippen molar-refractivity contribution in [3.05, 3.63) is 70.8 Å². The molecule has 172 valence electrons. The van der Waals surface area contributed by atoms with Crippen molar-refractivity contribution >= 4 is 11.9 Å². The molecule has 0 unspecified atom stereocenters. The van der Waals surface area contributed by atoms with Crippen molar-refractivity contribution in [1.29, 1.82) is 0 Å². The monoisotopic (exact) mass is 435 g/mol. The van der Waals surface area contributed by atoms with Crippen LogP contribution in [0.1, 0.15) is 60.2 Å². The highest BCUT2D eigenvalue weighted by Gasteiger charge is 2.10. The second-order valence-electron chi connectivity index (χ2n) is 8.26. The van der Waals surface area contributed by atoms with E-state index in [1.807, 2.05) is 31.2 Å². The largest absolute Gasteiger partial charge is 0.357 e. The Hall–Kier alpha value is -2.86. The first kappa shape index (κ1) is 23.8. The minimum Gasteiger partial charge on any atom is -0.357 e. The van der Waals surface area contributed by atoms with Crippen molar-refractivity contribution in [3.8, 4) is 0 Å². The second kappa shape index (κ2) is 12.9. The molecule has 0 atom stereocenters. The first-order chi connectivity index (χ1) is 15.7. The number of benzene rings is 2. The molecule has 1 saturated heterocycles. The Labute approximate surface area is 192 Å². The molecule has 0 bridgehead atoms. The molecule has 1 fully saturated rings. The topological polar surface area (TPSA) is 68.8 Å². The number of rotatable bonds is 9. The summed E-state index contributed by atoms with van der Waals surface area (Å²) in [5.41, 5.74) is 4.29. The van der Waals surface area contributed by atoms with Gasteiger partial charge in [-0.3, -0.25) is 9.69 Å². The van der Waals surface area contributed by atoms with Gasteiger partial charge in [0, 0.05) is 31.7 Å². The Morgan fingerprint density at radius 3 is 2.31 bits per heavy atom. The third kappa shape index (κ3) is 7.68. The molecule has 1 heterocycles. The van der Waals surface area contributed by atoms with Gasteiger partial charge in [-0.1, -0.05) is 42.8 Å². The number of hydrogen-bond donors (Lipinski definition) is 3.